The zero-order valence-corrected chi connectivity index (χ0v) is 9.44. The maximum absolute atomic E-state index is 11.3. The highest BCUT2D eigenvalue weighted by Crippen LogP contribution is 2.28. The topological polar surface area (TPSA) is 61.8 Å². The smallest absolute Gasteiger partial charge is 0.306 e. The standard InChI is InChI=1S/C10H13ClO5/c11-8(12)1-2-9(13)16-7-5-15-6-3-4-14-10(6)7/h6-7,10H,1-5H2/t6-,7?,10+/m1/s1. The van der Waals surface area contributed by atoms with Crippen molar-refractivity contribution in [2.24, 2.45) is 0 Å². The lowest BCUT2D eigenvalue weighted by molar-refractivity contribution is -0.154. The van der Waals surface area contributed by atoms with Crippen molar-refractivity contribution in [3.05, 3.63) is 0 Å². The van der Waals surface area contributed by atoms with E-state index in [0.717, 1.165) is 6.42 Å². The van der Waals surface area contributed by atoms with Crippen molar-refractivity contribution in [2.75, 3.05) is 13.2 Å². The molecule has 0 bridgehead atoms. The van der Waals surface area contributed by atoms with Gasteiger partial charge < -0.3 is 14.2 Å². The number of rotatable bonds is 4. The summed E-state index contributed by atoms with van der Waals surface area (Å²) < 4.78 is 16.0. The first-order valence-electron chi connectivity index (χ1n) is 5.28. The minimum Gasteiger partial charge on any atom is -0.457 e. The first kappa shape index (κ1) is 11.8. The zero-order valence-electron chi connectivity index (χ0n) is 8.69. The maximum Gasteiger partial charge on any atom is 0.306 e. The molecule has 0 saturated carbocycles. The molecule has 5 nitrogen and oxygen atoms in total. The van der Waals surface area contributed by atoms with Gasteiger partial charge in [0.25, 0.3) is 0 Å². The molecule has 0 N–H and O–H groups in total. The summed E-state index contributed by atoms with van der Waals surface area (Å²) in [5, 5.41) is -0.533. The summed E-state index contributed by atoms with van der Waals surface area (Å²) in [6.07, 6.45) is 0.423. The van der Waals surface area contributed by atoms with Crippen LogP contribution in [0.25, 0.3) is 0 Å². The Labute approximate surface area is 98.0 Å². The third-order valence-corrected chi connectivity index (χ3v) is 2.92. The molecule has 90 valence electrons. The summed E-state index contributed by atoms with van der Waals surface area (Å²) in [5.41, 5.74) is 0. The van der Waals surface area contributed by atoms with E-state index < -0.39 is 11.2 Å². The van der Waals surface area contributed by atoms with Crippen molar-refractivity contribution in [1.82, 2.24) is 0 Å². The molecule has 2 heterocycles. The second kappa shape index (κ2) is 5.12. The van der Waals surface area contributed by atoms with E-state index >= 15 is 0 Å². The van der Waals surface area contributed by atoms with E-state index in [-0.39, 0.29) is 31.2 Å². The van der Waals surface area contributed by atoms with Gasteiger partial charge >= 0.3 is 5.97 Å². The Morgan fingerprint density at radius 3 is 2.88 bits per heavy atom. The summed E-state index contributed by atoms with van der Waals surface area (Å²) in [6.45, 7) is 1.01. The summed E-state index contributed by atoms with van der Waals surface area (Å²) >= 11 is 5.13. The molecule has 2 fully saturated rings. The van der Waals surface area contributed by atoms with Crippen LogP contribution in [0, 0.1) is 0 Å². The molecular formula is C10H13ClO5. The van der Waals surface area contributed by atoms with Crippen LogP contribution in [-0.4, -0.2) is 42.7 Å². The summed E-state index contributed by atoms with van der Waals surface area (Å²) in [5.74, 6) is -0.432. The molecule has 0 amide bonds. The van der Waals surface area contributed by atoms with Crippen LogP contribution in [0.15, 0.2) is 0 Å². The summed E-state index contributed by atoms with van der Waals surface area (Å²) in [6, 6.07) is 0. The molecule has 2 aliphatic heterocycles. The Morgan fingerprint density at radius 1 is 1.31 bits per heavy atom. The largest absolute Gasteiger partial charge is 0.457 e. The SMILES string of the molecule is O=C(Cl)CCC(=O)OC1CO[C@@H]2CCO[C@H]12. The Balaban J connectivity index is 1.77. The molecule has 0 aromatic carbocycles. The van der Waals surface area contributed by atoms with Crippen molar-refractivity contribution < 1.29 is 23.8 Å². The van der Waals surface area contributed by atoms with Crippen molar-refractivity contribution in [1.29, 1.82) is 0 Å². The Kier molecular flexibility index (Phi) is 3.78. The van der Waals surface area contributed by atoms with Gasteiger partial charge in [-0.1, -0.05) is 0 Å². The van der Waals surface area contributed by atoms with Crippen LogP contribution in [0.1, 0.15) is 19.3 Å². The lowest BCUT2D eigenvalue weighted by Crippen LogP contribution is -2.32. The molecule has 16 heavy (non-hydrogen) atoms. The Hall–Kier alpha value is -0.650. The third kappa shape index (κ3) is 2.72. The van der Waals surface area contributed by atoms with Gasteiger partial charge in [-0.3, -0.25) is 9.59 Å². The Bertz CT molecular complexity index is 293. The molecule has 0 aromatic rings. The lowest BCUT2D eigenvalue weighted by atomic mass is 10.1. The van der Waals surface area contributed by atoms with Gasteiger partial charge in [0.05, 0.1) is 19.1 Å². The molecule has 0 aliphatic carbocycles. The molecule has 2 rings (SSSR count). The molecule has 2 aliphatic rings. The van der Waals surface area contributed by atoms with Gasteiger partial charge in [-0.05, 0) is 18.0 Å². The van der Waals surface area contributed by atoms with Crippen molar-refractivity contribution >= 4 is 22.8 Å². The summed E-state index contributed by atoms with van der Waals surface area (Å²) in [7, 11) is 0. The normalized spacial score (nSPS) is 32.4. The van der Waals surface area contributed by atoms with Crippen molar-refractivity contribution in [2.45, 2.75) is 37.6 Å². The van der Waals surface area contributed by atoms with E-state index in [1.807, 2.05) is 0 Å². The number of esters is 1. The lowest BCUT2D eigenvalue weighted by Gasteiger charge is -2.16. The van der Waals surface area contributed by atoms with Gasteiger partial charge in [0, 0.05) is 13.0 Å². The van der Waals surface area contributed by atoms with Gasteiger partial charge in [-0.15, -0.1) is 0 Å². The van der Waals surface area contributed by atoms with E-state index in [1.54, 1.807) is 0 Å². The number of carbonyl (C=O) groups excluding carboxylic acids is 2. The van der Waals surface area contributed by atoms with E-state index in [9.17, 15) is 9.59 Å². The van der Waals surface area contributed by atoms with Crippen LogP contribution in [0.5, 0.6) is 0 Å². The fourth-order valence-electron chi connectivity index (χ4n) is 1.96. The van der Waals surface area contributed by atoms with Crippen LogP contribution in [-0.2, 0) is 23.8 Å². The van der Waals surface area contributed by atoms with Gasteiger partial charge in [-0.2, -0.15) is 0 Å². The van der Waals surface area contributed by atoms with E-state index in [0.29, 0.717) is 13.2 Å². The van der Waals surface area contributed by atoms with E-state index in [1.165, 1.54) is 0 Å². The maximum atomic E-state index is 11.3. The van der Waals surface area contributed by atoms with Gasteiger partial charge in [0.2, 0.25) is 5.24 Å². The fraction of sp³-hybridized carbons (Fsp3) is 0.800. The van der Waals surface area contributed by atoms with E-state index in [2.05, 4.69) is 0 Å². The molecule has 2 saturated heterocycles. The van der Waals surface area contributed by atoms with Gasteiger partial charge in [-0.25, -0.2) is 0 Å². The van der Waals surface area contributed by atoms with Crippen molar-refractivity contribution in [3.8, 4) is 0 Å². The number of carbonyl (C=O) groups is 2. The monoisotopic (exact) mass is 248 g/mol. The predicted octanol–water partition coefficient (Wildman–Crippen LogP) is 0.631. The van der Waals surface area contributed by atoms with Crippen LogP contribution in [0.3, 0.4) is 0 Å². The molecule has 0 radical (unpaired) electrons. The van der Waals surface area contributed by atoms with Gasteiger partial charge in [0.15, 0.2) is 6.10 Å². The van der Waals surface area contributed by atoms with E-state index in [4.69, 9.17) is 25.8 Å². The quantitative estimate of drug-likeness (QED) is 0.540. The average molecular weight is 249 g/mol. The molecule has 0 spiro atoms. The number of hydrogen-bond acceptors (Lipinski definition) is 5. The molecule has 0 aromatic heterocycles. The van der Waals surface area contributed by atoms with Crippen LogP contribution < -0.4 is 0 Å². The first-order valence-corrected chi connectivity index (χ1v) is 5.65. The second-order valence-corrected chi connectivity index (χ2v) is 4.30. The highest BCUT2D eigenvalue weighted by atomic mass is 35.5. The molecule has 1 unspecified atom stereocenters. The van der Waals surface area contributed by atoms with Crippen LogP contribution >= 0.6 is 11.6 Å². The minimum atomic E-state index is -0.533. The zero-order chi connectivity index (χ0) is 11.5. The highest BCUT2D eigenvalue weighted by molar-refractivity contribution is 6.63. The number of hydrogen-bond donors (Lipinski definition) is 0. The predicted molar refractivity (Wildman–Crippen MR) is 54.1 cm³/mol. The van der Waals surface area contributed by atoms with Crippen LogP contribution in [0.2, 0.25) is 0 Å². The molecular weight excluding hydrogens is 236 g/mol. The highest BCUT2D eigenvalue weighted by Gasteiger charge is 2.43. The Morgan fingerprint density at radius 2 is 2.12 bits per heavy atom. The average Bonchev–Trinajstić information content (AvgIpc) is 2.80. The first-order chi connectivity index (χ1) is 7.66. The molecule has 3 atom stereocenters. The number of ether oxygens (including phenoxy) is 3. The third-order valence-electron chi connectivity index (χ3n) is 2.73. The van der Waals surface area contributed by atoms with Crippen molar-refractivity contribution in [3.63, 3.8) is 0 Å². The summed E-state index contributed by atoms with van der Waals surface area (Å²) in [4.78, 5) is 21.8. The number of halogens is 1. The second-order valence-electron chi connectivity index (χ2n) is 3.88. The number of fused-ring (bicyclic) bond motifs is 1. The molecule has 6 heteroatoms. The van der Waals surface area contributed by atoms with Gasteiger partial charge in [0.1, 0.15) is 6.10 Å². The van der Waals surface area contributed by atoms with Crippen LogP contribution in [0.4, 0.5) is 0 Å². The minimum absolute atomic E-state index is 0.00290. The fourth-order valence-corrected chi connectivity index (χ4v) is 2.05.